The zero-order chi connectivity index (χ0) is 11.0. The number of rotatable bonds is 3. The highest BCUT2D eigenvalue weighted by Crippen LogP contribution is 2.40. The maximum Gasteiger partial charge on any atom is 0.358 e. The van der Waals surface area contributed by atoms with E-state index in [1.165, 1.54) is 0 Å². The van der Waals surface area contributed by atoms with Crippen LogP contribution in [0.3, 0.4) is 0 Å². The average molecular weight is 241 g/mol. The summed E-state index contributed by atoms with van der Waals surface area (Å²) in [6, 6.07) is 0. The third-order valence-electron chi connectivity index (χ3n) is 1.68. The standard InChI is InChI=1S/C6H6ClF5O2/c7-6(11,12)4(8)5(9,10)3-1-13-2-14-3/h3-4H,1-2H2. The van der Waals surface area contributed by atoms with Crippen LogP contribution in [0.5, 0.6) is 0 Å². The Balaban J connectivity index is 2.72. The Kier molecular flexibility index (Phi) is 3.23. The summed E-state index contributed by atoms with van der Waals surface area (Å²) >= 11 is 4.16. The molecule has 0 amide bonds. The van der Waals surface area contributed by atoms with Gasteiger partial charge in [0, 0.05) is 0 Å². The maximum atomic E-state index is 12.9. The molecule has 8 heteroatoms. The van der Waals surface area contributed by atoms with Gasteiger partial charge >= 0.3 is 11.3 Å². The topological polar surface area (TPSA) is 18.5 Å². The number of alkyl halides is 6. The Labute approximate surface area is 80.9 Å². The summed E-state index contributed by atoms with van der Waals surface area (Å²) < 4.78 is 71.1. The third kappa shape index (κ3) is 2.26. The lowest BCUT2D eigenvalue weighted by atomic mass is 10.1. The van der Waals surface area contributed by atoms with Crippen LogP contribution in [0.25, 0.3) is 0 Å². The summed E-state index contributed by atoms with van der Waals surface area (Å²) in [5, 5.41) is -4.63. The zero-order valence-electron chi connectivity index (χ0n) is 6.65. The first-order chi connectivity index (χ1) is 6.26. The van der Waals surface area contributed by atoms with Gasteiger partial charge in [0.05, 0.1) is 6.61 Å². The molecule has 0 saturated carbocycles. The molecule has 2 atom stereocenters. The van der Waals surface area contributed by atoms with E-state index in [9.17, 15) is 22.0 Å². The largest absolute Gasteiger partial charge is 0.358 e. The van der Waals surface area contributed by atoms with E-state index in [1.807, 2.05) is 0 Å². The molecule has 0 bridgehead atoms. The van der Waals surface area contributed by atoms with Crippen molar-refractivity contribution in [3.63, 3.8) is 0 Å². The Bertz CT molecular complexity index is 201. The van der Waals surface area contributed by atoms with Crippen LogP contribution in [0.2, 0.25) is 0 Å². The van der Waals surface area contributed by atoms with Gasteiger partial charge in [0.25, 0.3) is 0 Å². The zero-order valence-corrected chi connectivity index (χ0v) is 7.41. The van der Waals surface area contributed by atoms with E-state index in [4.69, 9.17) is 0 Å². The first-order valence-corrected chi connectivity index (χ1v) is 3.92. The highest BCUT2D eigenvalue weighted by atomic mass is 35.5. The van der Waals surface area contributed by atoms with Gasteiger partial charge < -0.3 is 9.47 Å². The summed E-state index contributed by atoms with van der Waals surface area (Å²) in [6.45, 7) is -1.11. The first-order valence-electron chi connectivity index (χ1n) is 3.54. The molecular weight excluding hydrogens is 235 g/mol. The normalized spacial score (nSPS) is 26.6. The van der Waals surface area contributed by atoms with Crippen molar-refractivity contribution in [2.24, 2.45) is 0 Å². The van der Waals surface area contributed by atoms with Crippen LogP contribution in [-0.4, -0.2) is 37.0 Å². The molecular formula is C6H6ClF5O2. The molecule has 14 heavy (non-hydrogen) atoms. The highest BCUT2D eigenvalue weighted by molar-refractivity contribution is 6.22. The average Bonchev–Trinajstić information content (AvgIpc) is 2.53. The summed E-state index contributed by atoms with van der Waals surface area (Å²) in [7, 11) is 0. The van der Waals surface area contributed by atoms with Gasteiger partial charge in [0.2, 0.25) is 6.17 Å². The number of hydrogen-bond acceptors (Lipinski definition) is 2. The van der Waals surface area contributed by atoms with Gasteiger partial charge in [0.1, 0.15) is 6.79 Å². The fourth-order valence-electron chi connectivity index (χ4n) is 0.937. The van der Waals surface area contributed by atoms with Gasteiger partial charge in [0.15, 0.2) is 6.10 Å². The molecule has 2 unspecified atom stereocenters. The number of halogens is 6. The number of hydrogen-bond donors (Lipinski definition) is 0. The van der Waals surface area contributed by atoms with Gasteiger partial charge in [-0.25, -0.2) is 13.2 Å². The minimum absolute atomic E-state index is 0.471. The monoisotopic (exact) mass is 240 g/mol. The molecule has 0 aromatic heterocycles. The third-order valence-corrected chi connectivity index (χ3v) is 1.87. The highest BCUT2D eigenvalue weighted by Gasteiger charge is 2.60. The lowest BCUT2D eigenvalue weighted by Gasteiger charge is -2.26. The van der Waals surface area contributed by atoms with E-state index >= 15 is 0 Å². The summed E-state index contributed by atoms with van der Waals surface area (Å²) in [5.41, 5.74) is 0. The van der Waals surface area contributed by atoms with Crippen molar-refractivity contribution in [1.82, 2.24) is 0 Å². The second-order valence-electron chi connectivity index (χ2n) is 2.72. The molecule has 1 aliphatic heterocycles. The van der Waals surface area contributed by atoms with E-state index in [2.05, 4.69) is 21.1 Å². The molecule has 0 radical (unpaired) electrons. The van der Waals surface area contributed by atoms with Crippen molar-refractivity contribution in [2.75, 3.05) is 13.4 Å². The Morgan fingerprint density at radius 2 is 1.86 bits per heavy atom. The van der Waals surface area contributed by atoms with Gasteiger partial charge in [-0.05, 0) is 11.6 Å². The van der Waals surface area contributed by atoms with Crippen molar-refractivity contribution in [3.05, 3.63) is 0 Å². The molecule has 0 N–H and O–H groups in total. The van der Waals surface area contributed by atoms with E-state index in [0.717, 1.165) is 0 Å². The molecule has 1 saturated heterocycles. The predicted molar refractivity (Wildman–Crippen MR) is 36.3 cm³/mol. The van der Waals surface area contributed by atoms with E-state index in [1.54, 1.807) is 0 Å². The van der Waals surface area contributed by atoms with Crippen LogP contribution in [-0.2, 0) is 9.47 Å². The molecule has 1 fully saturated rings. The van der Waals surface area contributed by atoms with Crippen LogP contribution in [0, 0.1) is 0 Å². The van der Waals surface area contributed by atoms with Crippen LogP contribution >= 0.6 is 11.6 Å². The lowest BCUT2D eigenvalue weighted by Crippen LogP contribution is -2.50. The van der Waals surface area contributed by atoms with Crippen molar-refractivity contribution in [1.29, 1.82) is 0 Å². The van der Waals surface area contributed by atoms with Crippen molar-refractivity contribution < 1.29 is 31.4 Å². The predicted octanol–water partition coefficient (Wildman–Crippen LogP) is 2.16. The fraction of sp³-hybridized carbons (Fsp3) is 1.00. The summed E-state index contributed by atoms with van der Waals surface area (Å²) in [5.74, 6) is -4.37. The Morgan fingerprint density at radius 3 is 2.21 bits per heavy atom. The van der Waals surface area contributed by atoms with Crippen LogP contribution in [0.4, 0.5) is 22.0 Å². The van der Waals surface area contributed by atoms with Crippen molar-refractivity contribution in [2.45, 2.75) is 23.6 Å². The number of ether oxygens (including phenoxy) is 2. The van der Waals surface area contributed by atoms with Gasteiger partial charge in [-0.15, -0.1) is 0 Å². The Morgan fingerprint density at radius 1 is 1.29 bits per heavy atom. The molecule has 0 spiro atoms. The molecule has 0 aromatic carbocycles. The minimum atomic E-state index is -4.63. The first kappa shape index (κ1) is 11.9. The van der Waals surface area contributed by atoms with Crippen LogP contribution in [0.15, 0.2) is 0 Å². The van der Waals surface area contributed by atoms with E-state index in [-0.39, 0.29) is 0 Å². The quantitative estimate of drug-likeness (QED) is 0.556. The molecule has 1 heterocycles. The molecule has 0 aliphatic carbocycles. The van der Waals surface area contributed by atoms with Crippen molar-refractivity contribution in [3.8, 4) is 0 Å². The molecule has 1 rings (SSSR count). The second kappa shape index (κ2) is 3.79. The van der Waals surface area contributed by atoms with Crippen LogP contribution < -0.4 is 0 Å². The summed E-state index contributed by atoms with van der Waals surface area (Å²) in [4.78, 5) is 0. The van der Waals surface area contributed by atoms with Gasteiger partial charge in [-0.3, -0.25) is 0 Å². The summed E-state index contributed by atoms with van der Waals surface area (Å²) in [6.07, 6.45) is -5.83. The molecule has 1 aliphatic rings. The SMILES string of the molecule is FC(C(F)(F)Cl)C(F)(F)C1COCO1. The van der Waals surface area contributed by atoms with Crippen molar-refractivity contribution >= 4 is 11.6 Å². The van der Waals surface area contributed by atoms with Gasteiger partial charge in [-0.2, -0.15) is 8.78 Å². The molecule has 84 valence electrons. The molecule has 0 aromatic rings. The van der Waals surface area contributed by atoms with Crippen LogP contribution in [0.1, 0.15) is 0 Å². The van der Waals surface area contributed by atoms with Gasteiger partial charge in [-0.1, -0.05) is 0 Å². The fourth-order valence-corrected chi connectivity index (χ4v) is 1.08. The lowest BCUT2D eigenvalue weighted by molar-refractivity contribution is -0.196. The van der Waals surface area contributed by atoms with E-state index in [0.29, 0.717) is 0 Å². The second-order valence-corrected chi connectivity index (χ2v) is 3.23. The Hall–Kier alpha value is -0.140. The minimum Gasteiger partial charge on any atom is -0.352 e. The van der Waals surface area contributed by atoms with E-state index < -0.39 is 37.0 Å². The maximum absolute atomic E-state index is 12.9. The smallest absolute Gasteiger partial charge is 0.352 e. The molecule has 2 nitrogen and oxygen atoms in total.